The number of aromatic nitrogens is 2. The third-order valence-electron chi connectivity index (χ3n) is 4.31. The van der Waals surface area contributed by atoms with E-state index in [-0.39, 0.29) is 23.8 Å². The number of carbonyl (C=O) groups excluding carboxylic acids is 1. The monoisotopic (exact) mass is 321 g/mol. The van der Waals surface area contributed by atoms with E-state index in [4.69, 9.17) is 5.11 Å². The van der Waals surface area contributed by atoms with Crippen molar-refractivity contribution in [3.05, 3.63) is 17.5 Å². The van der Waals surface area contributed by atoms with Crippen molar-refractivity contribution in [3.63, 3.8) is 0 Å². The Hall–Kier alpha value is -1.85. The Kier molecular flexibility index (Phi) is 5.12. The maximum atomic E-state index is 12.7. The molecule has 0 bridgehead atoms. The molecule has 0 saturated carbocycles. The molecule has 23 heavy (non-hydrogen) atoms. The molecule has 1 aromatic rings. The van der Waals surface area contributed by atoms with Crippen molar-refractivity contribution < 1.29 is 14.7 Å². The summed E-state index contributed by atoms with van der Waals surface area (Å²) in [7, 11) is 0. The fourth-order valence-electron chi connectivity index (χ4n) is 3.23. The molecular weight excluding hydrogens is 294 g/mol. The second kappa shape index (κ2) is 6.72. The predicted molar refractivity (Wildman–Crippen MR) is 87.5 cm³/mol. The molecule has 2 heterocycles. The molecule has 1 N–H and O–H groups in total. The Bertz CT molecular complexity index is 586. The zero-order valence-corrected chi connectivity index (χ0v) is 14.5. The van der Waals surface area contributed by atoms with Crippen LogP contribution in [0, 0.1) is 12.8 Å². The van der Waals surface area contributed by atoms with Crippen LogP contribution < -0.4 is 0 Å². The van der Waals surface area contributed by atoms with Gasteiger partial charge in [0.2, 0.25) is 0 Å². The van der Waals surface area contributed by atoms with Gasteiger partial charge in [-0.2, -0.15) is 5.10 Å². The number of carboxylic acid groups (broad SMARTS) is 1. The average Bonchev–Trinajstić information content (AvgIpc) is 2.86. The predicted octanol–water partition coefficient (Wildman–Crippen LogP) is 2.66. The summed E-state index contributed by atoms with van der Waals surface area (Å²) < 4.78 is 1.88. The highest BCUT2D eigenvalue weighted by molar-refractivity contribution is 5.92. The number of aryl methyl sites for hydroxylation is 1. The summed E-state index contributed by atoms with van der Waals surface area (Å²) in [6.07, 6.45) is 2.72. The van der Waals surface area contributed by atoms with E-state index in [9.17, 15) is 9.59 Å². The van der Waals surface area contributed by atoms with Gasteiger partial charge in [0.1, 0.15) is 0 Å². The van der Waals surface area contributed by atoms with Gasteiger partial charge in [-0.05, 0) is 58.9 Å². The zero-order chi connectivity index (χ0) is 17.2. The lowest BCUT2D eigenvalue weighted by atomic mass is 9.93. The largest absolute Gasteiger partial charge is 0.481 e. The quantitative estimate of drug-likeness (QED) is 0.925. The topological polar surface area (TPSA) is 75.4 Å². The van der Waals surface area contributed by atoms with E-state index in [0.717, 1.165) is 25.1 Å². The van der Waals surface area contributed by atoms with Crippen molar-refractivity contribution >= 4 is 11.9 Å². The molecule has 6 nitrogen and oxygen atoms in total. The van der Waals surface area contributed by atoms with Crippen molar-refractivity contribution in [3.8, 4) is 0 Å². The molecule has 0 aromatic carbocycles. The Morgan fingerprint density at radius 2 is 2.09 bits per heavy atom. The van der Waals surface area contributed by atoms with Crippen LogP contribution >= 0.6 is 0 Å². The molecular formula is C17H27N3O3. The summed E-state index contributed by atoms with van der Waals surface area (Å²) in [5.74, 6) is -0.543. The van der Waals surface area contributed by atoms with Gasteiger partial charge in [0, 0.05) is 25.2 Å². The van der Waals surface area contributed by atoms with Crippen LogP contribution in [0.15, 0.2) is 6.07 Å². The van der Waals surface area contributed by atoms with Gasteiger partial charge >= 0.3 is 5.97 Å². The maximum Gasteiger partial charge on any atom is 0.303 e. The number of hydrogen-bond donors (Lipinski definition) is 1. The fourth-order valence-corrected chi connectivity index (χ4v) is 3.23. The average molecular weight is 321 g/mol. The van der Waals surface area contributed by atoms with E-state index in [1.54, 1.807) is 0 Å². The molecule has 1 saturated heterocycles. The van der Waals surface area contributed by atoms with Crippen molar-refractivity contribution in [2.75, 3.05) is 13.1 Å². The van der Waals surface area contributed by atoms with E-state index in [1.165, 1.54) is 0 Å². The smallest absolute Gasteiger partial charge is 0.303 e. The molecule has 1 aliphatic heterocycles. The third-order valence-corrected chi connectivity index (χ3v) is 4.31. The molecule has 128 valence electrons. The number of rotatable bonds is 4. The van der Waals surface area contributed by atoms with Gasteiger partial charge in [0.25, 0.3) is 5.91 Å². The van der Waals surface area contributed by atoms with Gasteiger partial charge < -0.3 is 10.0 Å². The molecule has 6 heteroatoms. The second-order valence-corrected chi connectivity index (χ2v) is 7.45. The van der Waals surface area contributed by atoms with Gasteiger partial charge in [-0.15, -0.1) is 0 Å². The van der Waals surface area contributed by atoms with Gasteiger partial charge in [-0.1, -0.05) is 0 Å². The Morgan fingerprint density at radius 1 is 1.39 bits per heavy atom. The van der Waals surface area contributed by atoms with Crippen LogP contribution in [0.1, 0.15) is 62.6 Å². The number of aliphatic carboxylic acids is 1. The minimum absolute atomic E-state index is 0.0453. The van der Waals surface area contributed by atoms with E-state index in [1.807, 2.05) is 22.6 Å². The highest BCUT2D eigenvalue weighted by atomic mass is 16.4. The zero-order valence-electron chi connectivity index (χ0n) is 14.5. The summed E-state index contributed by atoms with van der Waals surface area (Å²) in [6, 6.07) is 1.84. The second-order valence-electron chi connectivity index (χ2n) is 7.45. The van der Waals surface area contributed by atoms with Crippen LogP contribution in [0.2, 0.25) is 0 Å². The third kappa shape index (κ3) is 4.33. The van der Waals surface area contributed by atoms with Crippen molar-refractivity contribution in [2.45, 2.75) is 58.9 Å². The molecule has 1 aliphatic rings. The van der Waals surface area contributed by atoms with Gasteiger partial charge in [0.15, 0.2) is 5.69 Å². The first-order valence-corrected chi connectivity index (χ1v) is 8.26. The highest BCUT2D eigenvalue weighted by Crippen LogP contribution is 2.23. The van der Waals surface area contributed by atoms with Crippen LogP contribution in [0.25, 0.3) is 0 Å². The van der Waals surface area contributed by atoms with Crippen LogP contribution in [0.3, 0.4) is 0 Å². The van der Waals surface area contributed by atoms with Gasteiger partial charge in [-0.3, -0.25) is 14.3 Å². The number of carbonyl (C=O) groups is 2. The van der Waals surface area contributed by atoms with Crippen LogP contribution in [0.5, 0.6) is 0 Å². The fraction of sp³-hybridized carbons (Fsp3) is 0.706. The summed E-state index contributed by atoms with van der Waals surface area (Å²) in [5.41, 5.74) is 1.30. The van der Waals surface area contributed by atoms with Crippen molar-refractivity contribution in [2.24, 2.45) is 5.92 Å². The van der Waals surface area contributed by atoms with E-state index >= 15 is 0 Å². The summed E-state index contributed by atoms with van der Waals surface area (Å²) in [5, 5.41) is 13.3. The van der Waals surface area contributed by atoms with Gasteiger partial charge in [0.05, 0.1) is 5.54 Å². The first kappa shape index (κ1) is 17.5. The highest BCUT2D eigenvalue weighted by Gasteiger charge is 2.27. The summed E-state index contributed by atoms with van der Waals surface area (Å²) >= 11 is 0. The molecule has 0 radical (unpaired) electrons. The van der Waals surface area contributed by atoms with Gasteiger partial charge in [-0.25, -0.2) is 0 Å². The number of piperidine rings is 1. The first-order valence-electron chi connectivity index (χ1n) is 8.26. The number of amides is 1. The van der Waals surface area contributed by atoms with Crippen LogP contribution in [0.4, 0.5) is 0 Å². The molecule has 0 spiro atoms. The minimum Gasteiger partial charge on any atom is -0.481 e. The lowest BCUT2D eigenvalue weighted by Gasteiger charge is -2.32. The lowest BCUT2D eigenvalue weighted by Crippen LogP contribution is -2.40. The van der Waals surface area contributed by atoms with E-state index in [0.29, 0.717) is 18.7 Å². The Balaban J connectivity index is 2.06. The van der Waals surface area contributed by atoms with E-state index in [2.05, 4.69) is 25.9 Å². The molecule has 1 atom stereocenters. The standard InChI is InChI=1S/C17H27N3O3/c1-12-10-14(18-20(12)17(2,3)4)16(23)19-9-5-6-13(11-19)7-8-15(21)22/h10,13H,5-9,11H2,1-4H3,(H,21,22)/t13-/m0/s1. The molecule has 0 unspecified atom stereocenters. The number of nitrogens with zero attached hydrogens (tertiary/aromatic N) is 3. The summed E-state index contributed by atoms with van der Waals surface area (Å²) in [6.45, 7) is 9.50. The van der Waals surface area contributed by atoms with E-state index < -0.39 is 5.97 Å². The Morgan fingerprint density at radius 3 is 2.65 bits per heavy atom. The minimum atomic E-state index is -0.770. The molecule has 1 aromatic heterocycles. The lowest BCUT2D eigenvalue weighted by molar-refractivity contribution is -0.137. The molecule has 1 fully saturated rings. The first-order chi connectivity index (χ1) is 10.7. The number of carboxylic acids is 1. The van der Waals surface area contributed by atoms with Crippen molar-refractivity contribution in [1.29, 1.82) is 0 Å². The number of likely N-dealkylation sites (tertiary alicyclic amines) is 1. The Labute approximate surface area is 137 Å². The van der Waals surface area contributed by atoms with Crippen LogP contribution in [-0.4, -0.2) is 44.8 Å². The normalized spacial score (nSPS) is 19.0. The van der Waals surface area contributed by atoms with Crippen LogP contribution in [-0.2, 0) is 10.3 Å². The molecule has 2 rings (SSSR count). The number of hydrogen-bond acceptors (Lipinski definition) is 3. The summed E-state index contributed by atoms with van der Waals surface area (Å²) in [4.78, 5) is 25.3. The van der Waals surface area contributed by atoms with Crippen molar-refractivity contribution in [1.82, 2.24) is 14.7 Å². The maximum absolute atomic E-state index is 12.7. The SMILES string of the molecule is Cc1cc(C(=O)N2CCC[C@@H](CCC(=O)O)C2)nn1C(C)(C)C. The molecule has 1 amide bonds. The molecule has 0 aliphatic carbocycles.